The van der Waals surface area contributed by atoms with Gasteiger partial charge in [-0.25, -0.2) is 13.1 Å². The number of halogens is 1. The maximum absolute atomic E-state index is 12.0. The molecule has 0 atom stereocenters. The van der Waals surface area contributed by atoms with Gasteiger partial charge in [0.15, 0.2) is 0 Å². The maximum atomic E-state index is 12.0. The Labute approximate surface area is 107 Å². The van der Waals surface area contributed by atoms with Gasteiger partial charge in [0.1, 0.15) is 0 Å². The average Bonchev–Trinajstić information content (AvgIpc) is 2.20. The summed E-state index contributed by atoms with van der Waals surface area (Å²) >= 11 is 5.53. The van der Waals surface area contributed by atoms with Gasteiger partial charge >= 0.3 is 0 Å². The highest BCUT2D eigenvalue weighted by Crippen LogP contribution is 2.22. The first-order chi connectivity index (χ1) is 7.74. The second-order valence-corrected chi connectivity index (χ2v) is 6.07. The summed E-state index contributed by atoms with van der Waals surface area (Å²) in [5, 5.41) is 0.229. The van der Waals surface area contributed by atoms with Gasteiger partial charge in [0.05, 0.1) is 4.90 Å². The summed E-state index contributed by atoms with van der Waals surface area (Å²) in [6, 6.07) is 3.16. The lowest BCUT2D eigenvalue weighted by atomic mass is 10.1. The monoisotopic (exact) mass is 274 g/mol. The minimum Gasteiger partial charge on any atom is -0.399 e. The van der Waals surface area contributed by atoms with Crippen molar-refractivity contribution in [2.45, 2.75) is 18.7 Å². The first kappa shape index (κ1) is 14.0. The topological polar surface area (TPSA) is 72.2 Å². The summed E-state index contributed by atoms with van der Waals surface area (Å²) in [6.45, 7) is 6.97. The summed E-state index contributed by atoms with van der Waals surface area (Å²) < 4.78 is 26.3. The van der Waals surface area contributed by atoms with E-state index >= 15 is 0 Å². The van der Waals surface area contributed by atoms with Gasteiger partial charge in [-0.2, -0.15) is 0 Å². The zero-order valence-electron chi connectivity index (χ0n) is 9.75. The number of hydrogen-bond acceptors (Lipinski definition) is 3. The quantitative estimate of drug-likeness (QED) is 0.824. The molecular weight excluding hydrogens is 260 g/mol. The van der Waals surface area contributed by atoms with Gasteiger partial charge in [0.25, 0.3) is 0 Å². The Hall–Kier alpha value is -1.04. The second-order valence-electron chi connectivity index (χ2n) is 3.80. The van der Waals surface area contributed by atoms with Gasteiger partial charge in [-0.3, -0.25) is 0 Å². The molecule has 1 aromatic carbocycles. The van der Waals surface area contributed by atoms with E-state index in [1.165, 1.54) is 6.07 Å². The summed E-state index contributed by atoms with van der Waals surface area (Å²) in [4.78, 5) is 0.174. The Morgan fingerprint density at radius 1 is 1.47 bits per heavy atom. The molecule has 17 heavy (non-hydrogen) atoms. The fourth-order valence-electron chi connectivity index (χ4n) is 1.38. The van der Waals surface area contributed by atoms with Crippen LogP contribution in [0.25, 0.3) is 0 Å². The lowest BCUT2D eigenvalue weighted by Crippen LogP contribution is -2.25. The summed E-state index contributed by atoms with van der Waals surface area (Å²) in [5.74, 6) is 0. The minimum absolute atomic E-state index is 0.00280. The minimum atomic E-state index is -3.61. The number of anilines is 1. The molecular formula is C11H15ClN2O2S. The molecule has 0 saturated carbocycles. The van der Waals surface area contributed by atoms with E-state index in [4.69, 9.17) is 17.3 Å². The van der Waals surface area contributed by atoms with Gasteiger partial charge in [0.2, 0.25) is 10.0 Å². The fraction of sp³-hybridized carbons (Fsp3) is 0.273. The van der Waals surface area contributed by atoms with Crippen LogP contribution >= 0.6 is 11.6 Å². The van der Waals surface area contributed by atoms with Crippen LogP contribution in [0.3, 0.4) is 0 Å². The van der Waals surface area contributed by atoms with Crippen molar-refractivity contribution in [2.24, 2.45) is 0 Å². The summed E-state index contributed by atoms with van der Waals surface area (Å²) in [5.41, 5.74) is 7.56. The van der Waals surface area contributed by atoms with Gasteiger partial charge in [-0.1, -0.05) is 18.2 Å². The van der Waals surface area contributed by atoms with E-state index in [0.717, 1.165) is 5.56 Å². The predicted octanol–water partition coefficient (Wildman–Crippen LogP) is 1.92. The lowest BCUT2D eigenvalue weighted by molar-refractivity contribution is 0.584. The van der Waals surface area contributed by atoms with Crippen LogP contribution in [0.5, 0.6) is 0 Å². The highest BCUT2D eigenvalue weighted by atomic mass is 35.5. The van der Waals surface area contributed by atoms with Crippen LogP contribution in [-0.2, 0) is 10.0 Å². The average molecular weight is 275 g/mol. The fourth-order valence-corrected chi connectivity index (χ4v) is 2.91. The molecule has 4 nitrogen and oxygen atoms in total. The third-order valence-corrected chi connectivity index (χ3v) is 4.05. The molecule has 0 spiro atoms. The molecule has 1 aromatic rings. The van der Waals surface area contributed by atoms with E-state index in [9.17, 15) is 8.42 Å². The molecule has 0 bridgehead atoms. The molecule has 0 fully saturated rings. The van der Waals surface area contributed by atoms with Crippen LogP contribution in [0.4, 0.5) is 5.69 Å². The number of nitrogens with one attached hydrogen (secondary N) is 1. The van der Waals surface area contributed by atoms with E-state index in [2.05, 4.69) is 11.3 Å². The van der Waals surface area contributed by atoms with E-state index in [1.54, 1.807) is 13.0 Å². The van der Waals surface area contributed by atoms with Crippen LogP contribution < -0.4 is 10.5 Å². The molecule has 0 heterocycles. The van der Waals surface area contributed by atoms with Gasteiger partial charge < -0.3 is 5.73 Å². The molecule has 0 aliphatic carbocycles. The number of nitrogen functional groups attached to an aromatic ring is 1. The molecule has 0 aliphatic rings. The zero-order valence-corrected chi connectivity index (χ0v) is 11.3. The summed E-state index contributed by atoms with van der Waals surface area (Å²) in [7, 11) is -3.61. The standard InChI is InChI=1S/C11H15ClN2O2S/c1-7-4-10(13)5-11(9(7)3)17(15,16)14-6-8(2)12/h4-5,14H,2,6,13H2,1,3H3. The second kappa shape index (κ2) is 5.08. The molecule has 6 heteroatoms. The van der Waals surface area contributed by atoms with Gasteiger partial charge in [-0.05, 0) is 37.1 Å². The van der Waals surface area contributed by atoms with Crippen LogP contribution in [0.15, 0.2) is 28.6 Å². The third-order valence-electron chi connectivity index (χ3n) is 2.39. The molecule has 1 rings (SSSR count). The van der Waals surface area contributed by atoms with E-state index in [0.29, 0.717) is 11.3 Å². The largest absolute Gasteiger partial charge is 0.399 e. The van der Waals surface area contributed by atoms with Crippen molar-refractivity contribution in [1.29, 1.82) is 0 Å². The number of benzene rings is 1. The molecule has 0 aromatic heterocycles. The van der Waals surface area contributed by atoms with Crippen molar-refractivity contribution >= 4 is 27.3 Å². The Bertz CT molecular complexity index is 553. The molecule has 94 valence electrons. The molecule has 0 amide bonds. The van der Waals surface area contributed by atoms with Crippen LogP contribution in [0.2, 0.25) is 0 Å². The number of rotatable bonds is 4. The Morgan fingerprint density at radius 3 is 2.59 bits per heavy atom. The predicted molar refractivity (Wildman–Crippen MR) is 70.5 cm³/mol. The Morgan fingerprint density at radius 2 is 2.06 bits per heavy atom. The van der Waals surface area contributed by atoms with Gasteiger partial charge in [-0.15, -0.1) is 0 Å². The van der Waals surface area contributed by atoms with E-state index in [1.807, 2.05) is 6.92 Å². The molecule has 3 N–H and O–H groups in total. The molecule has 0 radical (unpaired) electrons. The third kappa shape index (κ3) is 3.46. The Kier molecular flexibility index (Phi) is 4.19. The molecule has 0 unspecified atom stereocenters. The number of nitrogens with two attached hydrogens (primary N) is 1. The first-order valence-corrected chi connectivity index (χ1v) is 6.80. The smallest absolute Gasteiger partial charge is 0.241 e. The van der Waals surface area contributed by atoms with E-state index < -0.39 is 10.0 Å². The molecule has 0 saturated heterocycles. The van der Waals surface area contributed by atoms with Gasteiger partial charge in [0, 0.05) is 17.3 Å². The zero-order chi connectivity index (χ0) is 13.2. The number of hydrogen-bond donors (Lipinski definition) is 2. The summed E-state index contributed by atoms with van der Waals surface area (Å²) in [6.07, 6.45) is 0. The van der Waals surface area contributed by atoms with Crippen LogP contribution in [0, 0.1) is 13.8 Å². The lowest BCUT2D eigenvalue weighted by Gasteiger charge is -2.11. The van der Waals surface area contributed by atoms with Crippen molar-refractivity contribution in [2.75, 3.05) is 12.3 Å². The van der Waals surface area contributed by atoms with Crippen molar-refractivity contribution in [3.63, 3.8) is 0 Å². The highest BCUT2D eigenvalue weighted by molar-refractivity contribution is 7.89. The maximum Gasteiger partial charge on any atom is 0.241 e. The first-order valence-electron chi connectivity index (χ1n) is 4.93. The van der Waals surface area contributed by atoms with E-state index in [-0.39, 0.29) is 16.5 Å². The number of aryl methyl sites for hydroxylation is 1. The van der Waals surface area contributed by atoms with Crippen molar-refractivity contribution < 1.29 is 8.42 Å². The van der Waals surface area contributed by atoms with Crippen LogP contribution in [-0.4, -0.2) is 15.0 Å². The van der Waals surface area contributed by atoms with Crippen LogP contribution in [0.1, 0.15) is 11.1 Å². The van der Waals surface area contributed by atoms with Crippen molar-refractivity contribution in [3.8, 4) is 0 Å². The SMILES string of the molecule is C=C(Cl)CNS(=O)(=O)c1cc(N)cc(C)c1C. The van der Waals surface area contributed by atoms with Crippen molar-refractivity contribution in [1.82, 2.24) is 4.72 Å². The molecule has 0 aliphatic heterocycles. The number of sulfonamides is 1. The highest BCUT2D eigenvalue weighted by Gasteiger charge is 2.18. The normalized spacial score (nSPS) is 11.5. The Balaban J connectivity index is 3.19. The van der Waals surface area contributed by atoms with Crippen molar-refractivity contribution in [3.05, 3.63) is 34.9 Å².